The van der Waals surface area contributed by atoms with Gasteiger partial charge in [0.1, 0.15) is 0 Å². The molecule has 0 saturated carbocycles. The highest BCUT2D eigenvalue weighted by Crippen LogP contribution is 2.62. The summed E-state index contributed by atoms with van der Waals surface area (Å²) in [7, 11) is -7.76. The molecule has 0 unspecified atom stereocenters. The average molecular weight is 580 g/mol. The fraction of sp³-hybridized carbons (Fsp3) is 1.00. The summed E-state index contributed by atoms with van der Waals surface area (Å²) in [5.41, 5.74) is 0. The fourth-order valence-electron chi connectivity index (χ4n) is 2.46. The highest BCUT2D eigenvalue weighted by atomic mass is 32.2. The van der Waals surface area contributed by atoms with Crippen LogP contribution in [0.2, 0.25) is 0 Å². The Morgan fingerprint density at radius 1 is 0.514 bits per heavy atom. The van der Waals surface area contributed by atoms with Crippen LogP contribution in [0.1, 0.15) is 27.7 Å². The summed E-state index contributed by atoms with van der Waals surface area (Å²) in [6, 6.07) is 0. The summed E-state index contributed by atoms with van der Waals surface area (Å²) in [5, 5.41) is -7.70. The molecule has 214 valence electrons. The minimum atomic E-state index is -8.60. The van der Waals surface area contributed by atoms with Crippen LogP contribution in [0, 0.1) is 0 Å². The van der Waals surface area contributed by atoms with Gasteiger partial charge in [0.25, 0.3) is 0 Å². The molecule has 0 aliphatic heterocycles. The van der Waals surface area contributed by atoms with E-state index in [4.69, 9.17) is 4.55 Å². The zero-order valence-corrected chi connectivity index (χ0v) is 18.9. The molecule has 0 aromatic heterocycles. The number of rotatable bonds is 10. The van der Waals surface area contributed by atoms with Gasteiger partial charge < -0.3 is 4.48 Å². The minimum Gasteiger partial charge on any atom is -0.325 e. The number of hydrogen-bond donors (Lipinski definition) is 1. The Bertz CT molecular complexity index is 787. The van der Waals surface area contributed by atoms with Crippen molar-refractivity contribution in [1.82, 2.24) is 0 Å². The van der Waals surface area contributed by atoms with E-state index in [1.165, 1.54) is 30.7 Å². The predicted octanol–water partition coefficient (Wildman–Crippen LogP) is 6.09. The van der Waals surface area contributed by atoms with Crippen LogP contribution in [0.3, 0.4) is 0 Å². The Morgan fingerprint density at radius 2 is 0.743 bits per heavy atom. The minimum absolute atomic E-state index is 1.28. The van der Waals surface area contributed by atoms with Crippen LogP contribution in [-0.2, 0) is 10.1 Å². The predicted molar refractivity (Wildman–Crippen MR) is 89.7 cm³/mol. The van der Waals surface area contributed by atoms with Gasteiger partial charge >= 0.3 is 51.2 Å². The molecule has 0 amide bonds. The van der Waals surface area contributed by atoms with Crippen LogP contribution in [0.4, 0.5) is 65.9 Å². The third-order valence-corrected chi connectivity index (χ3v) is 6.21. The highest BCUT2D eigenvalue weighted by Gasteiger charge is 2.94. The normalized spacial score (nSPS) is 15.5. The van der Waals surface area contributed by atoms with Crippen LogP contribution in [-0.4, -0.2) is 84.7 Å². The van der Waals surface area contributed by atoms with Gasteiger partial charge in [0, 0.05) is 0 Å². The highest BCUT2D eigenvalue weighted by molar-refractivity contribution is 7.87. The summed E-state index contributed by atoms with van der Waals surface area (Å²) in [6.45, 7) is 14.2. The molecule has 4 nitrogen and oxygen atoms in total. The van der Waals surface area contributed by atoms with Crippen LogP contribution in [0.25, 0.3) is 0 Å². The molecular weight excluding hydrogens is 559 g/mol. The Kier molecular flexibility index (Phi) is 10.6. The number of nitrogens with zero attached hydrogens (tertiary/aromatic N) is 1. The Morgan fingerprint density at radius 3 is 0.914 bits per heavy atom. The molecule has 0 radical (unpaired) electrons. The van der Waals surface area contributed by atoms with E-state index in [1.54, 1.807) is 0 Å². The van der Waals surface area contributed by atoms with Crippen molar-refractivity contribution in [3.05, 3.63) is 0 Å². The largest absolute Gasteiger partial charge is 0.460 e. The maximum Gasteiger partial charge on any atom is 0.460 e. The van der Waals surface area contributed by atoms with E-state index in [-0.39, 0.29) is 0 Å². The zero-order chi connectivity index (χ0) is 29.3. The molecule has 0 atom stereocenters. The molecule has 35 heavy (non-hydrogen) atoms. The van der Waals surface area contributed by atoms with Crippen LogP contribution < -0.4 is 0 Å². The quantitative estimate of drug-likeness (QED) is 0.194. The second kappa shape index (κ2) is 10.3. The van der Waals surface area contributed by atoms with Gasteiger partial charge in [-0.3, -0.25) is 4.55 Å². The van der Waals surface area contributed by atoms with Crippen molar-refractivity contribution >= 4 is 10.1 Å². The van der Waals surface area contributed by atoms with Crippen molar-refractivity contribution in [3.8, 4) is 0 Å². The van der Waals surface area contributed by atoms with E-state index in [2.05, 4.69) is 27.7 Å². The summed E-state index contributed by atoms with van der Waals surface area (Å²) in [4.78, 5) is 0. The van der Waals surface area contributed by atoms with E-state index in [0.29, 0.717) is 0 Å². The SMILES string of the molecule is CC[N+](CC)(CC)CC.O=S(=O)(O)C(F)(F)C(F)(F)C(F)(F)C(F)(F)C(F)(F)C(F)(F)C(F)(F)F. The lowest BCUT2D eigenvalue weighted by molar-refractivity contribution is -0.921. The van der Waals surface area contributed by atoms with Crippen molar-refractivity contribution in [3.63, 3.8) is 0 Å². The Labute approximate surface area is 189 Å². The van der Waals surface area contributed by atoms with E-state index in [9.17, 15) is 74.3 Å². The monoisotopic (exact) mass is 580 g/mol. The van der Waals surface area contributed by atoms with E-state index >= 15 is 0 Å². The summed E-state index contributed by atoms with van der Waals surface area (Å²) < 4.78 is 216. The average Bonchev–Trinajstić information content (AvgIpc) is 2.68. The first-order valence-corrected chi connectivity index (χ1v) is 10.6. The van der Waals surface area contributed by atoms with Crippen LogP contribution >= 0.6 is 0 Å². The number of halogens is 15. The topological polar surface area (TPSA) is 54.4 Å². The second-order valence-electron chi connectivity index (χ2n) is 6.97. The molecule has 0 fully saturated rings. The lowest BCUT2D eigenvalue weighted by Gasteiger charge is -2.40. The molecule has 0 heterocycles. The number of quaternary nitrogens is 1. The van der Waals surface area contributed by atoms with Gasteiger partial charge in [-0.05, 0) is 27.7 Å². The third kappa shape index (κ3) is 5.72. The molecular formula is C15H21F15NO3S+. The summed E-state index contributed by atoms with van der Waals surface area (Å²) in [6.07, 6.45) is -7.75. The Hall–Kier alpha value is -1.18. The first-order valence-electron chi connectivity index (χ1n) is 9.15. The standard InChI is InChI=1S/C8H20N.C7HF15O3S/c1-5-9(6-2,7-3)8-4;8-1(9,2(10,11)4(14,15)6(18,19)20)3(12,13)5(16,17)7(21,22)26(23,24)25/h5-8H2,1-4H3;(H,23,24,25)/q+1;. The third-order valence-electron chi connectivity index (χ3n) is 5.31. The lowest BCUT2D eigenvalue weighted by Crippen LogP contribution is -2.73. The maximum atomic E-state index is 12.9. The van der Waals surface area contributed by atoms with Crippen molar-refractivity contribution in [2.24, 2.45) is 0 Å². The maximum absolute atomic E-state index is 12.9. The van der Waals surface area contributed by atoms with Gasteiger partial charge in [-0.2, -0.15) is 74.3 Å². The second-order valence-corrected chi connectivity index (χ2v) is 8.43. The zero-order valence-electron chi connectivity index (χ0n) is 18.1. The first-order chi connectivity index (χ1) is 15.0. The molecule has 0 aromatic carbocycles. The van der Waals surface area contributed by atoms with Crippen molar-refractivity contribution in [2.75, 3.05) is 26.2 Å². The Balaban J connectivity index is 0. The van der Waals surface area contributed by atoms with E-state index < -0.39 is 51.2 Å². The fourth-order valence-corrected chi connectivity index (χ4v) is 2.91. The molecule has 1 N–H and O–H groups in total. The van der Waals surface area contributed by atoms with Gasteiger partial charge in [0.15, 0.2) is 0 Å². The smallest absolute Gasteiger partial charge is 0.325 e. The number of alkyl halides is 15. The molecule has 0 saturated heterocycles. The van der Waals surface area contributed by atoms with E-state index in [1.807, 2.05) is 0 Å². The van der Waals surface area contributed by atoms with Gasteiger partial charge in [0.05, 0.1) is 26.2 Å². The molecule has 0 aliphatic carbocycles. The van der Waals surface area contributed by atoms with Crippen molar-refractivity contribution in [2.45, 2.75) is 68.7 Å². The van der Waals surface area contributed by atoms with Gasteiger partial charge in [0.2, 0.25) is 0 Å². The molecule has 0 rings (SSSR count). The molecule has 0 spiro atoms. The van der Waals surface area contributed by atoms with Gasteiger partial charge in [-0.25, -0.2) is 0 Å². The lowest BCUT2D eigenvalue weighted by atomic mass is 9.94. The van der Waals surface area contributed by atoms with E-state index in [0.717, 1.165) is 0 Å². The molecule has 20 heteroatoms. The van der Waals surface area contributed by atoms with Crippen molar-refractivity contribution in [1.29, 1.82) is 0 Å². The summed E-state index contributed by atoms with van der Waals surface area (Å²) >= 11 is 0. The molecule has 0 bridgehead atoms. The molecule has 0 aromatic rings. The van der Waals surface area contributed by atoms with Gasteiger partial charge in [-0.15, -0.1) is 0 Å². The van der Waals surface area contributed by atoms with Crippen LogP contribution in [0.5, 0.6) is 0 Å². The summed E-state index contributed by atoms with van der Waals surface area (Å²) in [5.74, 6) is -42.0. The van der Waals surface area contributed by atoms with Crippen LogP contribution in [0.15, 0.2) is 0 Å². The molecule has 0 aliphatic rings. The van der Waals surface area contributed by atoms with Crippen molar-refractivity contribution < 1.29 is 83.3 Å². The van der Waals surface area contributed by atoms with Gasteiger partial charge in [-0.1, -0.05) is 0 Å². The first kappa shape index (κ1) is 36.0. The number of hydrogen-bond acceptors (Lipinski definition) is 2.